The number of halogens is 1. The molecule has 0 aliphatic heterocycles. The molecule has 0 radical (unpaired) electrons. The Morgan fingerprint density at radius 1 is 1.00 bits per heavy atom. The van der Waals surface area contributed by atoms with Crippen LogP contribution in [0.15, 0.2) is 12.2 Å². The molecular formula is C17H31ClSi. The fraction of sp³-hybridized carbons (Fsp3) is 0.882. The van der Waals surface area contributed by atoms with Gasteiger partial charge in [-0.05, 0) is 48.7 Å². The van der Waals surface area contributed by atoms with Crippen LogP contribution in [0.1, 0.15) is 58.8 Å². The van der Waals surface area contributed by atoms with Gasteiger partial charge >= 0.3 is 0 Å². The lowest BCUT2D eigenvalue weighted by Gasteiger charge is -2.27. The largest absolute Gasteiger partial charge is 0.167 e. The van der Waals surface area contributed by atoms with Crippen molar-refractivity contribution in [1.29, 1.82) is 0 Å². The van der Waals surface area contributed by atoms with Gasteiger partial charge in [0.1, 0.15) is 0 Å². The van der Waals surface area contributed by atoms with E-state index in [-0.39, 0.29) is 0 Å². The lowest BCUT2D eigenvalue weighted by Crippen LogP contribution is -2.28. The predicted molar refractivity (Wildman–Crippen MR) is 89.3 cm³/mol. The summed E-state index contributed by atoms with van der Waals surface area (Å²) in [5.74, 6) is 2.81. The highest BCUT2D eigenvalue weighted by Crippen LogP contribution is 2.47. The molecule has 0 spiro atoms. The summed E-state index contributed by atoms with van der Waals surface area (Å²) in [5.41, 5.74) is 0. The molecule has 0 saturated heterocycles. The maximum Gasteiger partial charge on any atom is 0.156 e. The summed E-state index contributed by atoms with van der Waals surface area (Å²) in [6, 6.07) is 4.11. The quantitative estimate of drug-likeness (QED) is 0.263. The Bertz CT molecular complexity index is 292. The first kappa shape index (κ1) is 15.6. The number of hydrogen-bond acceptors (Lipinski definition) is 0. The third-order valence-electron chi connectivity index (χ3n) is 5.34. The van der Waals surface area contributed by atoms with Crippen LogP contribution in [0.5, 0.6) is 0 Å². The van der Waals surface area contributed by atoms with Crippen molar-refractivity contribution >= 4 is 18.5 Å². The summed E-state index contributed by atoms with van der Waals surface area (Å²) >= 11 is 7.10. The van der Waals surface area contributed by atoms with Gasteiger partial charge in [0, 0.05) is 0 Å². The third kappa shape index (κ3) is 4.36. The van der Waals surface area contributed by atoms with Crippen molar-refractivity contribution in [2.24, 2.45) is 17.8 Å². The molecule has 0 aromatic heterocycles. The molecule has 0 aromatic rings. The Morgan fingerprint density at radius 2 is 1.68 bits per heavy atom. The smallest absolute Gasteiger partial charge is 0.156 e. The summed E-state index contributed by atoms with van der Waals surface area (Å²) in [4.78, 5) is 0. The van der Waals surface area contributed by atoms with Gasteiger partial charge in [-0.2, -0.15) is 11.1 Å². The number of unbranched alkanes of at least 4 members (excludes halogenated alkanes) is 2. The van der Waals surface area contributed by atoms with E-state index >= 15 is 0 Å². The Kier molecular flexibility index (Phi) is 6.02. The zero-order valence-corrected chi connectivity index (χ0v) is 14.6. The highest BCUT2D eigenvalue weighted by atomic mass is 35.6. The van der Waals surface area contributed by atoms with E-state index in [1.165, 1.54) is 63.1 Å². The van der Waals surface area contributed by atoms with Gasteiger partial charge in [0.2, 0.25) is 0 Å². The minimum Gasteiger partial charge on any atom is -0.167 e. The number of fused-ring (bicyclic) bond motifs is 2. The van der Waals surface area contributed by atoms with Crippen LogP contribution in [-0.2, 0) is 0 Å². The first-order chi connectivity index (χ1) is 9.17. The molecule has 2 aliphatic carbocycles. The number of allylic oxidation sites excluding steroid dienone is 2. The molecule has 0 heterocycles. The number of hydrogen-bond donors (Lipinski definition) is 0. The molecule has 19 heavy (non-hydrogen) atoms. The van der Waals surface area contributed by atoms with E-state index in [2.05, 4.69) is 26.0 Å². The Hall–Kier alpha value is 0.247. The lowest BCUT2D eigenvalue weighted by molar-refractivity contribution is 0.432. The molecule has 0 N–H and O–H groups in total. The van der Waals surface area contributed by atoms with Gasteiger partial charge in [0.15, 0.2) is 7.38 Å². The minimum atomic E-state index is -1.44. The predicted octanol–water partition coefficient (Wildman–Crippen LogP) is 6.37. The van der Waals surface area contributed by atoms with Crippen LogP contribution >= 0.6 is 11.1 Å². The lowest BCUT2D eigenvalue weighted by atomic mass is 9.91. The molecule has 2 aliphatic rings. The summed E-state index contributed by atoms with van der Waals surface area (Å²) in [6.45, 7) is 4.60. The van der Waals surface area contributed by atoms with Crippen LogP contribution in [0.4, 0.5) is 0 Å². The normalized spacial score (nSPS) is 29.3. The third-order valence-corrected chi connectivity index (χ3v) is 10.7. The van der Waals surface area contributed by atoms with Crippen molar-refractivity contribution in [3.8, 4) is 0 Å². The Morgan fingerprint density at radius 3 is 2.16 bits per heavy atom. The maximum absolute atomic E-state index is 7.10. The highest BCUT2D eigenvalue weighted by molar-refractivity contribution is 7.20. The summed E-state index contributed by atoms with van der Waals surface area (Å²) in [7, 11) is -1.44. The van der Waals surface area contributed by atoms with E-state index in [0.29, 0.717) is 0 Å². The van der Waals surface area contributed by atoms with Gasteiger partial charge in [-0.1, -0.05) is 58.1 Å². The summed E-state index contributed by atoms with van der Waals surface area (Å²) in [6.07, 6.45) is 14.6. The fourth-order valence-corrected chi connectivity index (χ4v) is 8.77. The highest BCUT2D eigenvalue weighted by Gasteiger charge is 2.37. The van der Waals surface area contributed by atoms with Crippen LogP contribution in [-0.4, -0.2) is 7.38 Å². The van der Waals surface area contributed by atoms with Gasteiger partial charge < -0.3 is 0 Å². The van der Waals surface area contributed by atoms with Crippen molar-refractivity contribution in [2.45, 2.75) is 76.9 Å². The van der Waals surface area contributed by atoms with Crippen LogP contribution in [0.3, 0.4) is 0 Å². The average Bonchev–Trinajstić information content (AvgIpc) is 3.03. The van der Waals surface area contributed by atoms with Crippen LogP contribution in [0, 0.1) is 17.8 Å². The van der Waals surface area contributed by atoms with E-state index in [4.69, 9.17) is 11.1 Å². The molecule has 2 rings (SSSR count). The molecule has 0 aromatic carbocycles. The van der Waals surface area contributed by atoms with Gasteiger partial charge in [0.05, 0.1) is 0 Å². The molecule has 1 fully saturated rings. The van der Waals surface area contributed by atoms with Crippen LogP contribution in [0.2, 0.25) is 18.1 Å². The van der Waals surface area contributed by atoms with Gasteiger partial charge in [-0.25, -0.2) is 0 Å². The summed E-state index contributed by atoms with van der Waals surface area (Å²) in [5, 5.41) is 0. The van der Waals surface area contributed by atoms with E-state index in [0.717, 1.165) is 17.8 Å². The minimum absolute atomic E-state index is 0.914. The number of rotatable bonds is 9. The van der Waals surface area contributed by atoms with E-state index < -0.39 is 7.38 Å². The van der Waals surface area contributed by atoms with E-state index in [9.17, 15) is 0 Å². The summed E-state index contributed by atoms with van der Waals surface area (Å²) < 4.78 is 0. The monoisotopic (exact) mass is 298 g/mol. The van der Waals surface area contributed by atoms with Crippen molar-refractivity contribution < 1.29 is 0 Å². The standard InChI is InChI=1S/C17H31ClSi/c1-3-5-10-19(18,11-6-4-2)12-9-17-14-15-7-8-16(17)13-15/h7-8,15-17H,3-6,9-14H2,1-2H3. The van der Waals surface area contributed by atoms with Crippen molar-refractivity contribution in [2.75, 3.05) is 0 Å². The second kappa shape index (κ2) is 7.31. The fourth-order valence-electron chi connectivity index (χ4n) is 4.03. The van der Waals surface area contributed by atoms with Crippen molar-refractivity contribution in [3.63, 3.8) is 0 Å². The topological polar surface area (TPSA) is 0 Å². The average molecular weight is 299 g/mol. The van der Waals surface area contributed by atoms with Crippen LogP contribution in [0.25, 0.3) is 0 Å². The molecule has 3 unspecified atom stereocenters. The van der Waals surface area contributed by atoms with E-state index in [1.807, 2.05) is 0 Å². The van der Waals surface area contributed by atoms with Gasteiger partial charge in [-0.15, -0.1) is 0 Å². The Balaban J connectivity index is 1.80. The second-order valence-corrected chi connectivity index (χ2v) is 13.1. The Labute approximate surface area is 125 Å². The molecule has 2 heteroatoms. The zero-order chi connectivity index (χ0) is 13.7. The first-order valence-electron chi connectivity index (χ1n) is 8.54. The van der Waals surface area contributed by atoms with Crippen molar-refractivity contribution in [1.82, 2.24) is 0 Å². The molecule has 1 saturated carbocycles. The second-order valence-electron chi connectivity index (χ2n) is 6.94. The van der Waals surface area contributed by atoms with Gasteiger partial charge in [0.25, 0.3) is 0 Å². The molecule has 110 valence electrons. The van der Waals surface area contributed by atoms with Crippen LogP contribution < -0.4 is 0 Å². The van der Waals surface area contributed by atoms with Crippen molar-refractivity contribution in [3.05, 3.63) is 12.2 Å². The molecule has 3 atom stereocenters. The molecule has 2 bridgehead atoms. The van der Waals surface area contributed by atoms with E-state index in [1.54, 1.807) is 0 Å². The first-order valence-corrected chi connectivity index (χ1v) is 12.2. The SMILES string of the molecule is CCCC[Si](Cl)(CCCC)CCC1CC2C=CC1C2. The molecule has 0 amide bonds. The maximum atomic E-state index is 7.10. The van der Waals surface area contributed by atoms with Gasteiger partial charge in [-0.3, -0.25) is 0 Å². The molecular weight excluding hydrogens is 268 g/mol. The molecule has 0 nitrogen and oxygen atoms in total. The zero-order valence-electron chi connectivity index (χ0n) is 12.8.